The van der Waals surface area contributed by atoms with Crippen molar-refractivity contribution in [2.45, 2.75) is 82.7 Å². The van der Waals surface area contributed by atoms with E-state index in [1.807, 2.05) is 50.3 Å². The van der Waals surface area contributed by atoms with Crippen LogP contribution in [-0.2, 0) is 9.47 Å². The molecule has 3 aliphatic heterocycles. The third-order valence-electron chi connectivity index (χ3n) is 7.21. The first-order valence-corrected chi connectivity index (χ1v) is 12.1. The molecule has 2 fully saturated rings. The maximum absolute atomic E-state index is 10.7. The van der Waals surface area contributed by atoms with Gasteiger partial charge in [-0.15, -0.1) is 0 Å². The minimum Gasteiger partial charge on any atom is -0.393 e. The van der Waals surface area contributed by atoms with E-state index >= 15 is 0 Å². The second-order valence-electron chi connectivity index (χ2n) is 9.90. The predicted molar refractivity (Wildman–Crippen MR) is 128 cm³/mol. The predicted octanol–water partition coefficient (Wildman–Crippen LogP) is 2.39. The zero-order valence-corrected chi connectivity index (χ0v) is 20.0. The standard InChI is InChI=1S/C26H35N3O5/c1-15(9-19-12-21(13-27)29(28-19)20-7-5-4-6-8-20)10-22-25(32)24(31)18(14-33-22)11-23-26(34-23)16(2)17(3)30/h4-9,16-18,21-26,30-32H,10-12,14H2,1-3H3/b15-9+/t16-,17-,18-,21?,22-,23-,24+,25-,26-/m0/s1. The zero-order valence-electron chi connectivity index (χ0n) is 20.0. The molecule has 4 rings (SSSR count). The Hall–Kier alpha value is -2.28. The van der Waals surface area contributed by atoms with Gasteiger partial charge in [-0.1, -0.05) is 30.7 Å². The van der Waals surface area contributed by atoms with Crippen LogP contribution in [0.1, 0.15) is 40.0 Å². The van der Waals surface area contributed by atoms with Crippen molar-refractivity contribution in [3.63, 3.8) is 0 Å². The van der Waals surface area contributed by atoms with Crippen LogP contribution in [0.3, 0.4) is 0 Å². The fourth-order valence-electron chi connectivity index (χ4n) is 4.91. The summed E-state index contributed by atoms with van der Waals surface area (Å²) in [7, 11) is 0. The maximum Gasteiger partial charge on any atom is 0.144 e. The van der Waals surface area contributed by atoms with E-state index in [-0.39, 0.29) is 30.1 Å². The van der Waals surface area contributed by atoms with Gasteiger partial charge in [0.2, 0.25) is 0 Å². The molecule has 0 aromatic heterocycles. The molecule has 0 bridgehead atoms. The number of nitrogens with zero attached hydrogens (tertiary/aromatic N) is 3. The van der Waals surface area contributed by atoms with E-state index in [1.54, 1.807) is 11.9 Å². The Kier molecular flexibility index (Phi) is 7.70. The molecule has 34 heavy (non-hydrogen) atoms. The van der Waals surface area contributed by atoms with Crippen molar-refractivity contribution in [3.8, 4) is 6.07 Å². The molecule has 1 aromatic carbocycles. The van der Waals surface area contributed by atoms with Gasteiger partial charge >= 0.3 is 0 Å². The molecule has 1 unspecified atom stereocenters. The van der Waals surface area contributed by atoms with Gasteiger partial charge in [-0.25, -0.2) is 5.01 Å². The number of benzene rings is 1. The molecule has 2 saturated heterocycles. The molecule has 1 aromatic rings. The van der Waals surface area contributed by atoms with E-state index in [2.05, 4.69) is 11.2 Å². The first-order chi connectivity index (χ1) is 16.3. The van der Waals surface area contributed by atoms with E-state index in [0.29, 0.717) is 25.9 Å². The number of epoxide rings is 1. The average Bonchev–Trinajstić information content (AvgIpc) is 3.47. The van der Waals surface area contributed by atoms with E-state index < -0.39 is 24.4 Å². The highest BCUT2D eigenvalue weighted by atomic mass is 16.6. The molecule has 0 saturated carbocycles. The van der Waals surface area contributed by atoms with Crippen molar-refractivity contribution in [3.05, 3.63) is 42.0 Å². The topological polar surface area (TPSA) is 122 Å². The summed E-state index contributed by atoms with van der Waals surface area (Å²) in [6.07, 6.45) is 0.680. The van der Waals surface area contributed by atoms with Gasteiger partial charge in [0.05, 0.1) is 54.6 Å². The smallest absolute Gasteiger partial charge is 0.144 e. The molecule has 0 aliphatic carbocycles. The highest BCUT2D eigenvalue weighted by Gasteiger charge is 2.48. The summed E-state index contributed by atoms with van der Waals surface area (Å²) < 4.78 is 11.6. The third-order valence-corrected chi connectivity index (χ3v) is 7.21. The van der Waals surface area contributed by atoms with Crippen LogP contribution < -0.4 is 5.01 Å². The zero-order chi connectivity index (χ0) is 24.4. The monoisotopic (exact) mass is 469 g/mol. The van der Waals surface area contributed by atoms with Gasteiger partial charge in [-0.05, 0) is 44.9 Å². The molecular weight excluding hydrogens is 434 g/mol. The Bertz CT molecular complexity index is 944. The molecule has 3 heterocycles. The number of hydrazone groups is 1. The molecule has 9 atom stereocenters. The third kappa shape index (κ3) is 5.51. The summed E-state index contributed by atoms with van der Waals surface area (Å²) in [6.45, 7) is 6.01. The highest BCUT2D eigenvalue weighted by Crippen LogP contribution is 2.38. The summed E-state index contributed by atoms with van der Waals surface area (Å²) >= 11 is 0. The Morgan fingerprint density at radius 3 is 2.65 bits per heavy atom. The SMILES string of the molecule is C/C(=C\C1=NN(c2ccccc2)C(C#N)C1)C[C@@H]1OC[C@H](C[C@@H]2O[C@H]2[C@@H](C)[C@H](C)O)[C@@H](O)[C@H]1O. The minimum absolute atomic E-state index is 0.00730. The van der Waals surface area contributed by atoms with Crippen LogP contribution in [0.15, 0.2) is 47.1 Å². The van der Waals surface area contributed by atoms with Crippen molar-refractivity contribution in [2.75, 3.05) is 11.6 Å². The number of rotatable bonds is 8. The average molecular weight is 470 g/mol. The van der Waals surface area contributed by atoms with E-state index in [4.69, 9.17) is 9.47 Å². The summed E-state index contributed by atoms with van der Waals surface area (Å²) in [6, 6.07) is 11.6. The molecule has 184 valence electrons. The lowest BCUT2D eigenvalue weighted by molar-refractivity contribution is -0.165. The van der Waals surface area contributed by atoms with Gasteiger partial charge in [-0.3, -0.25) is 0 Å². The number of aliphatic hydroxyl groups excluding tert-OH is 3. The van der Waals surface area contributed by atoms with Gasteiger partial charge < -0.3 is 24.8 Å². The molecule has 8 nitrogen and oxygen atoms in total. The fraction of sp³-hybridized carbons (Fsp3) is 0.615. The van der Waals surface area contributed by atoms with Crippen LogP contribution in [0.4, 0.5) is 5.69 Å². The van der Waals surface area contributed by atoms with E-state index in [9.17, 15) is 20.6 Å². The van der Waals surface area contributed by atoms with Gasteiger partial charge in [0.1, 0.15) is 12.1 Å². The lowest BCUT2D eigenvalue weighted by Gasteiger charge is -2.38. The highest BCUT2D eigenvalue weighted by molar-refractivity contribution is 5.98. The van der Waals surface area contributed by atoms with E-state index in [1.165, 1.54) is 0 Å². The van der Waals surface area contributed by atoms with Crippen molar-refractivity contribution in [1.29, 1.82) is 5.26 Å². The number of nitriles is 1. The Balaban J connectivity index is 1.32. The van der Waals surface area contributed by atoms with Crippen molar-refractivity contribution >= 4 is 11.4 Å². The second kappa shape index (κ2) is 10.5. The van der Waals surface area contributed by atoms with Crippen LogP contribution in [0.2, 0.25) is 0 Å². The largest absolute Gasteiger partial charge is 0.393 e. The number of hydrogen-bond acceptors (Lipinski definition) is 8. The molecule has 8 heteroatoms. The first kappa shape index (κ1) is 24.8. The number of anilines is 1. The second-order valence-corrected chi connectivity index (χ2v) is 9.90. The summed E-state index contributed by atoms with van der Waals surface area (Å²) in [4.78, 5) is 0. The first-order valence-electron chi connectivity index (χ1n) is 12.1. The normalized spacial score (nSPS) is 35.4. The molecule has 3 N–H and O–H groups in total. The maximum atomic E-state index is 10.7. The molecule has 0 radical (unpaired) electrons. The van der Waals surface area contributed by atoms with Crippen LogP contribution in [-0.4, -0.2) is 70.3 Å². The lowest BCUT2D eigenvalue weighted by Crippen LogP contribution is -2.50. The quantitative estimate of drug-likeness (QED) is 0.500. The van der Waals surface area contributed by atoms with Crippen molar-refractivity contribution < 1.29 is 24.8 Å². The molecular formula is C26H35N3O5. The van der Waals surface area contributed by atoms with Gasteiger partial charge in [0, 0.05) is 18.3 Å². The van der Waals surface area contributed by atoms with Gasteiger partial charge in [0.25, 0.3) is 0 Å². The van der Waals surface area contributed by atoms with Crippen LogP contribution in [0, 0.1) is 23.2 Å². The fourth-order valence-corrected chi connectivity index (χ4v) is 4.91. The van der Waals surface area contributed by atoms with Crippen LogP contribution in [0.25, 0.3) is 0 Å². The Morgan fingerprint density at radius 2 is 1.97 bits per heavy atom. The minimum atomic E-state index is -0.994. The summed E-state index contributed by atoms with van der Waals surface area (Å²) in [5.74, 6) is -0.171. The number of aliphatic hydroxyl groups is 3. The number of ether oxygens (including phenoxy) is 2. The molecule has 3 aliphatic rings. The summed E-state index contributed by atoms with van der Waals surface area (Å²) in [5.41, 5.74) is 2.65. The van der Waals surface area contributed by atoms with Gasteiger partial charge in [-0.2, -0.15) is 10.4 Å². The van der Waals surface area contributed by atoms with Gasteiger partial charge in [0.15, 0.2) is 0 Å². The van der Waals surface area contributed by atoms with Crippen molar-refractivity contribution in [2.24, 2.45) is 16.9 Å². The van der Waals surface area contributed by atoms with Crippen LogP contribution >= 0.6 is 0 Å². The number of para-hydroxylation sites is 1. The van der Waals surface area contributed by atoms with Crippen LogP contribution in [0.5, 0.6) is 0 Å². The summed E-state index contributed by atoms with van der Waals surface area (Å²) in [5, 5.41) is 47.1. The lowest BCUT2D eigenvalue weighted by atomic mass is 9.85. The van der Waals surface area contributed by atoms with E-state index in [0.717, 1.165) is 17.0 Å². The number of allylic oxidation sites excluding steroid dienone is 1. The molecule has 0 amide bonds. The Labute approximate surface area is 201 Å². The molecule has 0 spiro atoms. The Morgan fingerprint density at radius 1 is 1.24 bits per heavy atom. The number of hydrogen-bond donors (Lipinski definition) is 3. The van der Waals surface area contributed by atoms with Crippen molar-refractivity contribution in [1.82, 2.24) is 0 Å².